The number of oxazole rings is 1. The van der Waals surface area contributed by atoms with Gasteiger partial charge < -0.3 is 19.5 Å². The summed E-state index contributed by atoms with van der Waals surface area (Å²) < 4.78 is 6.19. The zero-order valence-corrected chi connectivity index (χ0v) is 20.9. The molecule has 2 amide bonds. The third-order valence-corrected chi connectivity index (χ3v) is 6.45. The van der Waals surface area contributed by atoms with Crippen LogP contribution in [0.5, 0.6) is 0 Å². The number of anilines is 2. The van der Waals surface area contributed by atoms with Gasteiger partial charge in [0.05, 0.1) is 0 Å². The summed E-state index contributed by atoms with van der Waals surface area (Å²) in [6, 6.07) is 27.2. The summed E-state index contributed by atoms with van der Waals surface area (Å²) in [7, 11) is 0. The van der Waals surface area contributed by atoms with Crippen LogP contribution in [0.4, 0.5) is 11.4 Å². The lowest BCUT2D eigenvalue weighted by atomic mass is 10.1. The van der Waals surface area contributed by atoms with Gasteiger partial charge in [0, 0.05) is 55.1 Å². The van der Waals surface area contributed by atoms with Gasteiger partial charge >= 0.3 is 0 Å². The van der Waals surface area contributed by atoms with E-state index in [4.69, 9.17) is 4.42 Å². The van der Waals surface area contributed by atoms with Gasteiger partial charge in [-0.3, -0.25) is 9.59 Å². The van der Waals surface area contributed by atoms with Crippen molar-refractivity contribution in [1.29, 1.82) is 0 Å². The summed E-state index contributed by atoms with van der Waals surface area (Å²) in [4.78, 5) is 34.5. The fraction of sp³-hybridized carbons (Fsp3) is 0.233. The van der Waals surface area contributed by atoms with Crippen LogP contribution in [-0.2, 0) is 4.79 Å². The Kier molecular flexibility index (Phi) is 7.31. The van der Waals surface area contributed by atoms with Gasteiger partial charge in [-0.1, -0.05) is 43.3 Å². The van der Waals surface area contributed by atoms with Crippen LogP contribution >= 0.6 is 0 Å². The Hall–Kier alpha value is -4.39. The van der Waals surface area contributed by atoms with Crippen LogP contribution in [0.2, 0.25) is 0 Å². The Morgan fingerprint density at radius 2 is 1.49 bits per heavy atom. The molecule has 0 radical (unpaired) electrons. The number of benzene rings is 3. The highest BCUT2D eigenvalue weighted by Crippen LogP contribution is 2.32. The summed E-state index contributed by atoms with van der Waals surface area (Å²) in [5.74, 6) is 0.670. The van der Waals surface area contributed by atoms with E-state index >= 15 is 0 Å². The van der Waals surface area contributed by atoms with Crippen LogP contribution in [0.25, 0.3) is 22.8 Å². The van der Waals surface area contributed by atoms with Crippen molar-refractivity contribution < 1.29 is 14.0 Å². The van der Waals surface area contributed by atoms with Crippen LogP contribution in [0.3, 0.4) is 0 Å². The van der Waals surface area contributed by atoms with Crippen LogP contribution in [0.1, 0.15) is 30.3 Å². The van der Waals surface area contributed by atoms with E-state index < -0.39 is 0 Å². The maximum absolute atomic E-state index is 13.7. The molecule has 0 spiro atoms. The molecular formula is C30H30N4O3. The van der Waals surface area contributed by atoms with E-state index in [1.165, 1.54) is 0 Å². The van der Waals surface area contributed by atoms with Crippen LogP contribution in [0, 0.1) is 0 Å². The molecule has 1 aromatic heterocycles. The number of hydrogen-bond donors (Lipinski definition) is 1. The van der Waals surface area contributed by atoms with Gasteiger partial charge in [0.25, 0.3) is 5.91 Å². The zero-order valence-electron chi connectivity index (χ0n) is 20.9. The number of amides is 2. The first-order valence-electron chi connectivity index (χ1n) is 12.7. The molecule has 0 bridgehead atoms. The minimum atomic E-state index is -0.144. The molecule has 1 fully saturated rings. The number of carbonyl (C=O) groups is 2. The van der Waals surface area contributed by atoms with Gasteiger partial charge in [0.15, 0.2) is 11.5 Å². The molecule has 0 unspecified atom stereocenters. The number of rotatable bonds is 7. The van der Waals surface area contributed by atoms with Crippen LogP contribution < -0.4 is 10.2 Å². The molecule has 0 saturated carbocycles. The van der Waals surface area contributed by atoms with Gasteiger partial charge in [-0.05, 0) is 55.0 Å². The third kappa shape index (κ3) is 5.56. The number of carbonyl (C=O) groups excluding carboxylic acids is 2. The average molecular weight is 495 g/mol. The highest BCUT2D eigenvalue weighted by molar-refractivity contribution is 5.99. The minimum absolute atomic E-state index is 0.0215. The first-order chi connectivity index (χ1) is 18.1. The number of nitrogens with one attached hydrogen (secondary N) is 1. The highest BCUT2D eigenvalue weighted by Gasteiger charge is 2.29. The summed E-state index contributed by atoms with van der Waals surface area (Å²) >= 11 is 0. The van der Waals surface area contributed by atoms with Gasteiger partial charge in [0.2, 0.25) is 11.8 Å². The van der Waals surface area contributed by atoms with Crippen molar-refractivity contribution >= 4 is 23.2 Å². The Balaban J connectivity index is 1.40. The van der Waals surface area contributed by atoms with Gasteiger partial charge in [-0.15, -0.1) is 0 Å². The largest absolute Gasteiger partial charge is 0.435 e. The molecule has 37 heavy (non-hydrogen) atoms. The molecule has 7 nitrogen and oxygen atoms in total. The second kappa shape index (κ2) is 11.1. The first kappa shape index (κ1) is 24.3. The average Bonchev–Trinajstić information content (AvgIpc) is 3.40. The van der Waals surface area contributed by atoms with E-state index in [0.29, 0.717) is 42.5 Å². The zero-order chi connectivity index (χ0) is 25.6. The molecule has 1 aliphatic rings. The summed E-state index contributed by atoms with van der Waals surface area (Å²) in [5, 5.41) is 2.89. The number of hydrogen-bond acceptors (Lipinski definition) is 5. The highest BCUT2D eigenvalue weighted by atomic mass is 16.4. The number of nitrogens with zero attached hydrogens (tertiary/aromatic N) is 3. The summed E-state index contributed by atoms with van der Waals surface area (Å²) in [6.45, 7) is 4.67. The topological polar surface area (TPSA) is 78.7 Å². The first-order valence-corrected chi connectivity index (χ1v) is 12.7. The van der Waals surface area contributed by atoms with E-state index in [1.54, 1.807) is 0 Å². The molecular weight excluding hydrogens is 464 g/mol. The molecule has 4 aromatic rings. The maximum Gasteiger partial charge on any atom is 0.276 e. The molecule has 7 heteroatoms. The van der Waals surface area contributed by atoms with Crippen molar-refractivity contribution in [2.75, 3.05) is 36.4 Å². The molecule has 1 N–H and O–H groups in total. The van der Waals surface area contributed by atoms with Gasteiger partial charge in [0.1, 0.15) is 0 Å². The maximum atomic E-state index is 13.7. The van der Waals surface area contributed by atoms with Crippen molar-refractivity contribution in [2.45, 2.75) is 19.8 Å². The predicted octanol–water partition coefficient (Wildman–Crippen LogP) is 5.71. The lowest BCUT2D eigenvalue weighted by Gasteiger charge is -2.35. The molecule has 3 aromatic carbocycles. The molecule has 5 rings (SSSR count). The van der Waals surface area contributed by atoms with Crippen molar-refractivity contribution in [2.24, 2.45) is 0 Å². The summed E-state index contributed by atoms with van der Waals surface area (Å²) in [5.41, 5.74) is 3.70. The van der Waals surface area contributed by atoms with E-state index in [-0.39, 0.29) is 11.8 Å². The van der Waals surface area contributed by atoms with E-state index in [2.05, 4.69) is 27.3 Å². The monoisotopic (exact) mass is 494 g/mol. The quantitative estimate of drug-likeness (QED) is 0.356. The molecule has 1 saturated heterocycles. The minimum Gasteiger partial charge on any atom is -0.435 e. The third-order valence-electron chi connectivity index (χ3n) is 6.45. The van der Waals surface area contributed by atoms with Crippen LogP contribution in [-0.4, -0.2) is 47.9 Å². The van der Waals surface area contributed by atoms with Crippen molar-refractivity contribution in [3.05, 3.63) is 90.6 Å². The van der Waals surface area contributed by atoms with Crippen molar-refractivity contribution in [3.63, 3.8) is 0 Å². The van der Waals surface area contributed by atoms with Crippen LogP contribution in [0.15, 0.2) is 89.3 Å². The molecule has 2 heterocycles. The SMILES string of the molecule is CCCC(=O)Nc1ccc(-c2oc(-c3ccccc3)nc2C(=O)N2CCN(c3ccccc3)CC2)cc1. The van der Waals surface area contributed by atoms with Crippen molar-refractivity contribution in [3.8, 4) is 22.8 Å². The van der Waals surface area contributed by atoms with Crippen molar-refractivity contribution in [1.82, 2.24) is 9.88 Å². The van der Waals surface area contributed by atoms with Gasteiger partial charge in [-0.25, -0.2) is 4.98 Å². The van der Waals surface area contributed by atoms with Gasteiger partial charge in [-0.2, -0.15) is 0 Å². The normalized spacial score (nSPS) is 13.4. The van der Waals surface area contributed by atoms with E-state index in [9.17, 15) is 9.59 Å². The molecule has 0 aliphatic carbocycles. The Morgan fingerprint density at radius 1 is 0.838 bits per heavy atom. The molecule has 0 atom stereocenters. The number of piperazine rings is 1. The predicted molar refractivity (Wildman–Crippen MR) is 145 cm³/mol. The fourth-order valence-electron chi connectivity index (χ4n) is 4.48. The Labute approximate surface area is 216 Å². The molecule has 1 aliphatic heterocycles. The molecule has 188 valence electrons. The lowest BCUT2D eigenvalue weighted by Crippen LogP contribution is -2.49. The van der Waals surface area contributed by atoms with E-state index in [0.717, 1.165) is 36.3 Å². The Morgan fingerprint density at radius 3 is 2.14 bits per heavy atom. The second-order valence-electron chi connectivity index (χ2n) is 9.05. The second-order valence-corrected chi connectivity index (χ2v) is 9.05. The smallest absolute Gasteiger partial charge is 0.276 e. The summed E-state index contributed by atoms with van der Waals surface area (Å²) in [6.07, 6.45) is 1.26. The number of para-hydroxylation sites is 1. The Bertz CT molecular complexity index is 1340. The fourth-order valence-corrected chi connectivity index (χ4v) is 4.48. The standard InChI is InChI=1S/C30H30N4O3/c1-2-9-26(35)31-24-16-14-22(15-17-24)28-27(32-29(37-28)23-10-5-3-6-11-23)30(36)34-20-18-33(19-21-34)25-12-7-4-8-13-25/h3-8,10-17H,2,9,18-21H2,1H3,(H,31,35). The number of aromatic nitrogens is 1. The van der Waals surface area contributed by atoms with E-state index in [1.807, 2.05) is 84.6 Å². The lowest BCUT2D eigenvalue weighted by molar-refractivity contribution is -0.116.